The third kappa shape index (κ3) is 3.14. The van der Waals surface area contributed by atoms with E-state index < -0.39 is 0 Å². The smallest absolute Gasteiger partial charge is 0.329 e. The van der Waals surface area contributed by atoms with Crippen molar-refractivity contribution in [1.29, 1.82) is 0 Å². The van der Waals surface area contributed by atoms with Gasteiger partial charge in [-0.3, -0.25) is 13.9 Å². The summed E-state index contributed by atoms with van der Waals surface area (Å²) in [7, 11) is 0. The number of hydrogen-bond donors (Lipinski definition) is 2. The number of nitrogens with one attached hydrogen (secondary N) is 2. The number of carbonyl (C=O) groups excluding carboxylic acids is 1. The topological polar surface area (TPSA) is 71.8 Å². The van der Waals surface area contributed by atoms with E-state index in [0.717, 1.165) is 23.0 Å². The van der Waals surface area contributed by atoms with Crippen LogP contribution in [0.4, 0.5) is 0 Å². The first kappa shape index (κ1) is 17.1. The zero-order chi connectivity index (χ0) is 18.8. The highest BCUT2D eigenvalue weighted by Gasteiger charge is 2.14. The lowest BCUT2D eigenvalue weighted by Crippen LogP contribution is -2.34. The van der Waals surface area contributed by atoms with Crippen molar-refractivity contribution in [3.63, 3.8) is 0 Å². The van der Waals surface area contributed by atoms with E-state index in [1.54, 1.807) is 9.13 Å². The Kier molecular flexibility index (Phi) is 4.54. The molecule has 0 aliphatic carbocycles. The first-order chi connectivity index (χ1) is 13.2. The van der Waals surface area contributed by atoms with E-state index in [2.05, 4.69) is 16.4 Å². The van der Waals surface area contributed by atoms with Gasteiger partial charge in [0, 0.05) is 30.2 Å². The number of fused-ring (bicyclic) bond motifs is 2. The molecule has 0 fully saturated rings. The van der Waals surface area contributed by atoms with Crippen LogP contribution in [0.15, 0.2) is 59.5 Å². The minimum absolute atomic E-state index is 0.0280. The molecule has 0 saturated carbocycles. The average Bonchev–Trinajstić information content (AvgIpc) is 3.21. The number of H-pyrrole nitrogens is 1. The van der Waals surface area contributed by atoms with Gasteiger partial charge in [-0.2, -0.15) is 0 Å². The van der Waals surface area contributed by atoms with Crippen molar-refractivity contribution in [2.24, 2.45) is 0 Å². The monoisotopic (exact) mass is 362 g/mol. The van der Waals surface area contributed by atoms with Crippen LogP contribution in [-0.2, 0) is 24.3 Å². The predicted molar refractivity (Wildman–Crippen MR) is 107 cm³/mol. The standard InChI is InChI=1S/C21H22N4O2/c1-2-24-18-9-5-6-10-19(18)25(21(24)27)14-20(26)22-12-11-15-13-23-17-8-4-3-7-16(15)17/h3-10,13,23H,2,11-12,14H2,1H3,(H,22,26). The summed E-state index contributed by atoms with van der Waals surface area (Å²) < 4.78 is 3.23. The van der Waals surface area contributed by atoms with Gasteiger partial charge in [0.05, 0.1) is 11.0 Å². The van der Waals surface area contributed by atoms with E-state index in [1.807, 2.05) is 55.6 Å². The summed E-state index contributed by atoms with van der Waals surface area (Å²) >= 11 is 0. The summed E-state index contributed by atoms with van der Waals surface area (Å²) in [6, 6.07) is 15.7. The summed E-state index contributed by atoms with van der Waals surface area (Å²) in [5.74, 6) is -0.157. The quantitative estimate of drug-likeness (QED) is 0.553. The molecule has 0 saturated heterocycles. The molecule has 0 spiro atoms. The van der Waals surface area contributed by atoms with Crippen molar-refractivity contribution in [3.05, 3.63) is 70.8 Å². The molecule has 2 aromatic carbocycles. The molecule has 138 valence electrons. The van der Waals surface area contributed by atoms with Gasteiger partial charge in [0.2, 0.25) is 5.91 Å². The summed E-state index contributed by atoms with van der Waals surface area (Å²) in [4.78, 5) is 28.3. The van der Waals surface area contributed by atoms with E-state index >= 15 is 0 Å². The summed E-state index contributed by atoms with van der Waals surface area (Å²) in [5.41, 5.74) is 3.77. The molecule has 6 nitrogen and oxygen atoms in total. The molecule has 0 atom stereocenters. The minimum Gasteiger partial charge on any atom is -0.361 e. The first-order valence-electron chi connectivity index (χ1n) is 9.18. The molecule has 4 aromatic rings. The number of carbonyl (C=O) groups is 1. The Hall–Kier alpha value is -3.28. The number of benzene rings is 2. The van der Waals surface area contributed by atoms with E-state index in [9.17, 15) is 9.59 Å². The van der Waals surface area contributed by atoms with E-state index in [4.69, 9.17) is 0 Å². The largest absolute Gasteiger partial charge is 0.361 e. The maximum Gasteiger partial charge on any atom is 0.329 e. The van der Waals surface area contributed by atoms with Gasteiger partial charge in [0.1, 0.15) is 6.54 Å². The van der Waals surface area contributed by atoms with Crippen LogP contribution in [0.3, 0.4) is 0 Å². The molecule has 0 aliphatic heterocycles. The fourth-order valence-corrected chi connectivity index (χ4v) is 3.61. The van der Waals surface area contributed by atoms with Crippen molar-refractivity contribution >= 4 is 27.8 Å². The van der Waals surface area contributed by atoms with Gasteiger partial charge in [-0.05, 0) is 37.1 Å². The SMILES string of the molecule is CCn1c(=O)n(CC(=O)NCCc2c[nH]c3ccccc23)c2ccccc21. The molecule has 0 unspecified atom stereocenters. The Bertz CT molecular complexity index is 1170. The van der Waals surface area contributed by atoms with Crippen molar-refractivity contribution in [3.8, 4) is 0 Å². The third-order valence-electron chi connectivity index (χ3n) is 4.93. The number of nitrogens with zero attached hydrogens (tertiary/aromatic N) is 2. The van der Waals surface area contributed by atoms with Crippen LogP contribution >= 0.6 is 0 Å². The normalized spacial score (nSPS) is 11.3. The molecule has 27 heavy (non-hydrogen) atoms. The fourth-order valence-electron chi connectivity index (χ4n) is 3.61. The molecular formula is C21H22N4O2. The molecule has 0 aliphatic rings. The zero-order valence-corrected chi connectivity index (χ0v) is 15.2. The number of amides is 1. The van der Waals surface area contributed by atoms with Crippen LogP contribution in [0.5, 0.6) is 0 Å². The summed E-state index contributed by atoms with van der Waals surface area (Å²) in [6.45, 7) is 3.07. The molecule has 0 bridgehead atoms. The number of aromatic amines is 1. The van der Waals surface area contributed by atoms with Crippen molar-refractivity contribution in [1.82, 2.24) is 19.4 Å². The summed E-state index contributed by atoms with van der Waals surface area (Å²) in [6.07, 6.45) is 2.72. The zero-order valence-electron chi connectivity index (χ0n) is 15.2. The van der Waals surface area contributed by atoms with Gasteiger partial charge in [-0.1, -0.05) is 30.3 Å². The van der Waals surface area contributed by atoms with Crippen molar-refractivity contribution in [2.45, 2.75) is 26.4 Å². The van der Waals surface area contributed by atoms with Gasteiger partial charge < -0.3 is 10.3 Å². The highest BCUT2D eigenvalue weighted by Crippen LogP contribution is 2.17. The van der Waals surface area contributed by atoms with Crippen LogP contribution in [0.1, 0.15) is 12.5 Å². The van der Waals surface area contributed by atoms with Crippen molar-refractivity contribution < 1.29 is 4.79 Å². The van der Waals surface area contributed by atoms with E-state index in [1.165, 1.54) is 10.9 Å². The number of para-hydroxylation sites is 3. The fraction of sp³-hybridized carbons (Fsp3) is 0.238. The molecule has 2 heterocycles. The molecule has 4 rings (SSSR count). The average molecular weight is 362 g/mol. The Balaban J connectivity index is 1.45. The minimum atomic E-state index is -0.157. The summed E-state index contributed by atoms with van der Waals surface area (Å²) in [5, 5.41) is 4.11. The van der Waals surface area contributed by atoms with Gasteiger partial charge in [-0.15, -0.1) is 0 Å². The van der Waals surface area contributed by atoms with Crippen LogP contribution in [0.2, 0.25) is 0 Å². The van der Waals surface area contributed by atoms with Crippen LogP contribution in [-0.4, -0.2) is 26.6 Å². The highest BCUT2D eigenvalue weighted by molar-refractivity contribution is 5.83. The second kappa shape index (κ2) is 7.15. The second-order valence-electron chi connectivity index (χ2n) is 6.56. The highest BCUT2D eigenvalue weighted by atomic mass is 16.2. The van der Waals surface area contributed by atoms with Gasteiger partial charge >= 0.3 is 5.69 Å². The Morgan fingerprint density at radius 3 is 2.52 bits per heavy atom. The number of imidazole rings is 1. The lowest BCUT2D eigenvalue weighted by Gasteiger charge is -2.06. The maximum atomic E-state index is 12.6. The third-order valence-corrected chi connectivity index (χ3v) is 4.93. The molecule has 2 aromatic heterocycles. The number of aryl methyl sites for hydroxylation is 1. The van der Waals surface area contributed by atoms with Gasteiger partial charge in [-0.25, -0.2) is 4.79 Å². The lowest BCUT2D eigenvalue weighted by atomic mass is 10.1. The van der Waals surface area contributed by atoms with Crippen LogP contribution in [0.25, 0.3) is 21.9 Å². The Morgan fingerprint density at radius 2 is 1.74 bits per heavy atom. The van der Waals surface area contributed by atoms with Crippen LogP contribution < -0.4 is 11.0 Å². The Labute approximate surface area is 156 Å². The van der Waals surface area contributed by atoms with Crippen LogP contribution in [0, 0.1) is 0 Å². The molecule has 2 N–H and O–H groups in total. The molecular weight excluding hydrogens is 340 g/mol. The molecule has 1 amide bonds. The number of hydrogen-bond acceptors (Lipinski definition) is 2. The van der Waals surface area contributed by atoms with Gasteiger partial charge in [0.25, 0.3) is 0 Å². The second-order valence-corrected chi connectivity index (χ2v) is 6.56. The van der Waals surface area contributed by atoms with Gasteiger partial charge in [0.15, 0.2) is 0 Å². The molecule has 6 heteroatoms. The predicted octanol–water partition coefficient (Wildman–Crippen LogP) is 2.66. The number of aromatic nitrogens is 3. The lowest BCUT2D eigenvalue weighted by molar-refractivity contribution is -0.121. The Morgan fingerprint density at radius 1 is 1.04 bits per heavy atom. The molecule has 0 radical (unpaired) electrons. The first-order valence-corrected chi connectivity index (χ1v) is 9.18. The van der Waals surface area contributed by atoms with E-state index in [0.29, 0.717) is 13.1 Å². The number of rotatable bonds is 6. The van der Waals surface area contributed by atoms with E-state index in [-0.39, 0.29) is 18.1 Å². The van der Waals surface area contributed by atoms with Crippen molar-refractivity contribution in [2.75, 3.05) is 6.54 Å². The maximum absolute atomic E-state index is 12.6.